The monoisotopic (exact) mass is 502 g/mol. The van der Waals surface area contributed by atoms with Gasteiger partial charge in [-0.15, -0.1) is 0 Å². The second-order valence-electron chi connectivity index (χ2n) is 10.0. The standard InChI is InChI=1S/C35H26N4/c1-23-17-18-28-30(22-32-29(31(28)20-23)16-9-19-36-32)26-14-8-15-27(21-26)35-38-33(24-10-4-2-5-11-24)37-34(39-35)25-12-6-3-7-13-25/h2-21,30H,22H2,1H3. The van der Waals surface area contributed by atoms with Gasteiger partial charge < -0.3 is 0 Å². The third-order valence-electron chi connectivity index (χ3n) is 7.41. The highest BCUT2D eigenvalue weighted by molar-refractivity contribution is 5.75. The van der Waals surface area contributed by atoms with E-state index in [-0.39, 0.29) is 5.92 Å². The van der Waals surface area contributed by atoms with Crippen molar-refractivity contribution in [3.8, 4) is 45.3 Å². The lowest BCUT2D eigenvalue weighted by molar-refractivity contribution is 0.770. The topological polar surface area (TPSA) is 51.6 Å². The average molecular weight is 503 g/mol. The first-order chi connectivity index (χ1) is 19.2. The van der Waals surface area contributed by atoms with E-state index in [4.69, 9.17) is 19.9 Å². The van der Waals surface area contributed by atoms with Crippen LogP contribution in [0.2, 0.25) is 0 Å². The maximum absolute atomic E-state index is 4.94. The van der Waals surface area contributed by atoms with Gasteiger partial charge in [-0.3, -0.25) is 4.98 Å². The maximum Gasteiger partial charge on any atom is 0.164 e. The van der Waals surface area contributed by atoms with E-state index >= 15 is 0 Å². The van der Waals surface area contributed by atoms with Crippen LogP contribution in [0.1, 0.15) is 28.3 Å². The molecular formula is C35H26N4. The molecule has 4 nitrogen and oxygen atoms in total. The minimum atomic E-state index is 0.201. The molecule has 0 saturated carbocycles. The lowest BCUT2D eigenvalue weighted by atomic mass is 9.77. The minimum Gasteiger partial charge on any atom is -0.261 e. The van der Waals surface area contributed by atoms with Crippen LogP contribution in [0.15, 0.2) is 121 Å². The second kappa shape index (κ2) is 9.73. The molecule has 0 bridgehead atoms. The number of aromatic nitrogens is 4. The summed E-state index contributed by atoms with van der Waals surface area (Å²) >= 11 is 0. The molecule has 0 saturated heterocycles. The van der Waals surface area contributed by atoms with Crippen molar-refractivity contribution in [1.29, 1.82) is 0 Å². The van der Waals surface area contributed by atoms with E-state index in [0.717, 1.165) is 28.8 Å². The predicted molar refractivity (Wildman–Crippen MR) is 156 cm³/mol. The third-order valence-corrected chi connectivity index (χ3v) is 7.41. The number of rotatable bonds is 4. The zero-order chi connectivity index (χ0) is 26.2. The number of hydrogen-bond acceptors (Lipinski definition) is 4. The number of benzene rings is 4. The molecule has 0 fully saturated rings. The summed E-state index contributed by atoms with van der Waals surface area (Å²) in [6.07, 6.45) is 2.76. The Bertz CT molecular complexity index is 1740. The van der Waals surface area contributed by atoms with Crippen molar-refractivity contribution in [2.45, 2.75) is 19.3 Å². The average Bonchev–Trinajstić information content (AvgIpc) is 3.01. The molecule has 0 radical (unpaired) electrons. The van der Waals surface area contributed by atoms with E-state index in [1.807, 2.05) is 72.9 Å². The second-order valence-corrected chi connectivity index (χ2v) is 10.0. The van der Waals surface area contributed by atoms with E-state index in [9.17, 15) is 0 Å². The Morgan fingerprint density at radius 1 is 0.564 bits per heavy atom. The van der Waals surface area contributed by atoms with Crippen LogP contribution in [0, 0.1) is 6.92 Å². The fraction of sp³-hybridized carbons (Fsp3) is 0.0857. The summed E-state index contributed by atoms with van der Waals surface area (Å²) in [5.74, 6) is 2.21. The van der Waals surface area contributed by atoms with Crippen LogP contribution in [-0.2, 0) is 6.42 Å². The summed E-state index contributed by atoms with van der Waals surface area (Å²) in [5.41, 5.74) is 10.4. The molecule has 0 aliphatic heterocycles. The summed E-state index contributed by atoms with van der Waals surface area (Å²) < 4.78 is 0. The maximum atomic E-state index is 4.94. The van der Waals surface area contributed by atoms with E-state index in [2.05, 4.69) is 55.5 Å². The van der Waals surface area contributed by atoms with Gasteiger partial charge in [-0.25, -0.2) is 15.0 Å². The number of aryl methyl sites for hydroxylation is 1. The van der Waals surface area contributed by atoms with Gasteiger partial charge in [0.25, 0.3) is 0 Å². The van der Waals surface area contributed by atoms with Crippen molar-refractivity contribution < 1.29 is 0 Å². The van der Waals surface area contributed by atoms with Gasteiger partial charge >= 0.3 is 0 Å². The Kier molecular flexibility index (Phi) is 5.78. The quantitative estimate of drug-likeness (QED) is 0.246. The molecule has 7 rings (SSSR count). The van der Waals surface area contributed by atoms with Gasteiger partial charge in [-0.1, -0.05) is 109 Å². The Morgan fingerprint density at radius 2 is 1.21 bits per heavy atom. The highest BCUT2D eigenvalue weighted by Gasteiger charge is 2.27. The van der Waals surface area contributed by atoms with Crippen LogP contribution in [0.25, 0.3) is 45.3 Å². The molecule has 1 unspecified atom stereocenters. The molecule has 186 valence electrons. The van der Waals surface area contributed by atoms with Crippen LogP contribution in [-0.4, -0.2) is 19.9 Å². The number of nitrogens with zero attached hydrogens (tertiary/aromatic N) is 4. The first-order valence-electron chi connectivity index (χ1n) is 13.2. The van der Waals surface area contributed by atoms with Gasteiger partial charge in [0, 0.05) is 46.5 Å². The third kappa shape index (κ3) is 4.40. The molecule has 1 aliphatic carbocycles. The van der Waals surface area contributed by atoms with Crippen molar-refractivity contribution in [3.05, 3.63) is 144 Å². The summed E-state index contributed by atoms with van der Waals surface area (Å²) in [7, 11) is 0. The molecular weight excluding hydrogens is 476 g/mol. The molecule has 2 heterocycles. The van der Waals surface area contributed by atoms with Crippen LogP contribution in [0.4, 0.5) is 0 Å². The summed E-state index contributed by atoms with van der Waals surface area (Å²) in [6.45, 7) is 2.15. The fourth-order valence-electron chi connectivity index (χ4n) is 5.49. The van der Waals surface area contributed by atoms with Crippen molar-refractivity contribution >= 4 is 0 Å². The molecule has 1 aliphatic rings. The van der Waals surface area contributed by atoms with Gasteiger partial charge in [-0.05, 0) is 35.7 Å². The molecule has 39 heavy (non-hydrogen) atoms. The van der Waals surface area contributed by atoms with Gasteiger partial charge in [0.05, 0.1) is 0 Å². The SMILES string of the molecule is Cc1ccc2c(c1)-c1cccnc1CC2c1cccc(-c2nc(-c3ccccc3)nc(-c3ccccc3)n2)c1. The van der Waals surface area contributed by atoms with Crippen LogP contribution in [0.3, 0.4) is 0 Å². The van der Waals surface area contributed by atoms with Gasteiger partial charge in [0.15, 0.2) is 17.5 Å². The lowest BCUT2D eigenvalue weighted by Crippen LogP contribution is -2.14. The normalized spacial score (nSPS) is 13.9. The van der Waals surface area contributed by atoms with Crippen LogP contribution < -0.4 is 0 Å². The molecule has 4 aromatic carbocycles. The van der Waals surface area contributed by atoms with E-state index in [0.29, 0.717) is 17.5 Å². The van der Waals surface area contributed by atoms with Crippen molar-refractivity contribution in [2.75, 3.05) is 0 Å². The predicted octanol–water partition coefficient (Wildman–Crippen LogP) is 7.93. The molecule has 0 amide bonds. The first-order valence-corrected chi connectivity index (χ1v) is 13.2. The van der Waals surface area contributed by atoms with Crippen molar-refractivity contribution in [3.63, 3.8) is 0 Å². The van der Waals surface area contributed by atoms with Gasteiger partial charge in [0.2, 0.25) is 0 Å². The van der Waals surface area contributed by atoms with Crippen molar-refractivity contribution in [1.82, 2.24) is 19.9 Å². The van der Waals surface area contributed by atoms with E-state index < -0.39 is 0 Å². The highest BCUT2D eigenvalue weighted by Crippen LogP contribution is 2.42. The first kappa shape index (κ1) is 23.2. The Balaban J connectivity index is 1.36. The zero-order valence-corrected chi connectivity index (χ0v) is 21.6. The highest BCUT2D eigenvalue weighted by atomic mass is 15.0. The van der Waals surface area contributed by atoms with Crippen LogP contribution >= 0.6 is 0 Å². The lowest BCUT2D eigenvalue weighted by Gasteiger charge is -2.28. The summed E-state index contributed by atoms with van der Waals surface area (Å²) in [5, 5.41) is 0. The Hall–Kier alpha value is -4.96. The molecule has 4 heteroatoms. The van der Waals surface area contributed by atoms with E-state index in [1.165, 1.54) is 27.8 Å². The summed E-state index contributed by atoms with van der Waals surface area (Å²) in [6, 6.07) is 39.8. The number of pyridine rings is 1. The molecule has 6 aromatic rings. The van der Waals surface area contributed by atoms with E-state index in [1.54, 1.807) is 0 Å². The minimum absolute atomic E-state index is 0.201. The molecule has 0 N–H and O–H groups in total. The molecule has 2 aromatic heterocycles. The molecule has 0 spiro atoms. The largest absolute Gasteiger partial charge is 0.261 e. The smallest absolute Gasteiger partial charge is 0.164 e. The number of fused-ring (bicyclic) bond motifs is 3. The Morgan fingerprint density at radius 3 is 1.90 bits per heavy atom. The van der Waals surface area contributed by atoms with Gasteiger partial charge in [-0.2, -0.15) is 0 Å². The number of hydrogen-bond donors (Lipinski definition) is 0. The summed E-state index contributed by atoms with van der Waals surface area (Å²) in [4.78, 5) is 19.5. The molecule has 1 atom stereocenters. The fourth-order valence-corrected chi connectivity index (χ4v) is 5.49. The van der Waals surface area contributed by atoms with Gasteiger partial charge in [0.1, 0.15) is 0 Å². The van der Waals surface area contributed by atoms with Crippen LogP contribution in [0.5, 0.6) is 0 Å². The van der Waals surface area contributed by atoms with Crippen molar-refractivity contribution in [2.24, 2.45) is 0 Å². The Labute approximate surface area is 228 Å². The zero-order valence-electron chi connectivity index (χ0n) is 21.6.